The molecule has 1 amide bonds. The second-order valence-corrected chi connectivity index (χ2v) is 10.5. The van der Waals surface area contributed by atoms with Gasteiger partial charge < -0.3 is 20.1 Å². The van der Waals surface area contributed by atoms with E-state index >= 15 is 0 Å². The third kappa shape index (κ3) is 4.73. The summed E-state index contributed by atoms with van der Waals surface area (Å²) in [6, 6.07) is 4.11. The van der Waals surface area contributed by atoms with E-state index in [1.165, 1.54) is 0 Å². The average Bonchev–Trinajstić information content (AvgIpc) is 3.48. The van der Waals surface area contributed by atoms with E-state index in [-0.39, 0.29) is 39.2 Å². The zero-order chi connectivity index (χ0) is 24.0. The highest BCUT2D eigenvalue weighted by Gasteiger charge is 2.35. The number of hydrogen-bond acceptors (Lipinski definition) is 8. The highest BCUT2D eigenvalue weighted by molar-refractivity contribution is 8.00. The maximum absolute atomic E-state index is 14.6. The Morgan fingerprint density at radius 2 is 2.15 bits per heavy atom. The maximum atomic E-state index is 14.6. The van der Waals surface area contributed by atoms with Crippen molar-refractivity contribution in [3.05, 3.63) is 24.1 Å². The lowest BCUT2D eigenvalue weighted by Crippen LogP contribution is -2.46. The molecule has 0 bridgehead atoms. The van der Waals surface area contributed by atoms with Crippen molar-refractivity contribution in [2.45, 2.75) is 47.9 Å². The molecule has 1 aromatic carbocycles. The highest BCUT2D eigenvalue weighted by Crippen LogP contribution is 2.50. The molecule has 2 aromatic heterocycles. The molecule has 0 spiro atoms. The number of nitrogens with one attached hydrogen (secondary N) is 2. The molecular formula is C21H21F4N5O2S2. The topological polar surface area (TPSA) is 83.3 Å². The number of amides is 1. The molecule has 7 nitrogen and oxygen atoms in total. The van der Waals surface area contributed by atoms with Gasteiger partial charge in [0.05, 0.1) is 21.3 Å². The average molecular weight is 516 g/mol. The van der Waals surface area contributed by atoms with Crippen LogP contribution in [0.15, 0.2) is 27.6 Å². The lowest BCUT2D eigenvalue weighted by molar-refractivity contribution is -0.119. The fraction of sp³-hybridized carbons (Fsp3) is 0.476. The second kappa shape index (κ2) is 9.00. The minimum atomic E-state index is -4.53. The number of hydrogen-bond donors (Lipinski definition) is 2. The lowest BCUT2D eigenvalue weighted by Gasteiger charge is -2.33. The monoisotopic (exact) mass is 515 g/mol. The first-order chi connectivity index (χ1) is 16.2. The zero-order valence-corrected chi connectivity index (χ0v) is 19.6. The van der Waals surface area contributed by atoms with Crippen LogP contribution in [0, 0.1) is 0 Å². The summed E-state index contributed by atoms with van der Waals surface area (Å²) in [7, 11) is 1.85. The number of piperidine rings is 1. The van der Waals surface area contributed by atoms with E-state index in [2.05, 4.69) is 20.8 Å². The SMILES string of the molecule is CN1CC[C@@H](Nc2cccc3c(SC(F)(F)F)c(-c4noc([C@H]5CCC(=O)N5)n4)sc23)[C@@H](F)C1. The summed E-state index contributed by atoms with van der Waals surface area (Å²) >= 11 is 0.869. The summed E-state index contributed by atoms with van der Waals surface area (Å²) in [5.41, 5.74) is -3.96. The fourth-order valence-electron chi connectivity index (χ4n) is 4.26. The van der Waals surface area contributed by atoms with Crippen molar-refractivity contribution >= 4 is 44.8 Å². The van der Waals surface area contributed by atoms with Crippen LogP contribution in [0.4, 0.5) is 23.2 Å². The van der Waals surface area contributed by atoms with E-state index in [1.807, 2.05) is 11.9 Å². The van der Waals surface area contributed by atoms with Crippen LogP contribution >= 0.6 is 23.1 Å². The van der Waals surface area contributed by atoms with Crippen molar-refractivity contribution < 1.29 is 26.9 Å². The first kappa shape index (κ1) is 23.4. The molecule has 182 valence electrons. The molecule has 4 heterocycles. The zero-order valence-electron chi connectivity index (χ0n) is 18.0. The molecule has 13 heteroatoms. The Hall–Kier alpha value is -2.38. The summed E-state index contributed by atoms with van der Waals surface area (Å²) in [6.07, 6.45) is 0.282. The molecule has 2 aliphatic heterocycles. The number of thioether (sulfide) groups is 1. The van der Waals surface area contributed by atoms with Gasteiger partial charge in [0.1, 0.15) is 12.2 Å². The maximum Gasteiger partial charge on any atom is 0.446 e. The van der Waals surface area contributed by atoms with Crippen LogP contribution in [-0.2, 0) is 4.79 Å². The predicted molar refractivity (Wildman–Crippen MR) is 122 cm³/mol. The molecule has 3 aromatic rings. The standard InChI is InChI=1S/C21H21F4N5O2S2/c1-30-8-7-12(11(22)9-30)26-13-4-2-3-10-16(13)33-18(17(10)34-21(23,24)25)19-28-20(32-29-19)14-5-6-15(31)27-14/h2-4,11-12,14,26H,5-9H2,1H3,(H,27,31)/t11-,12+,14+/m0/s1. The van der Waals surface area contributed by atoms with Gasteiger partial charge in [0, 0.05) is 29.8 Å². The quantitative estimate of drug-likeness (QED) is 0.367. The molecule has 2 fully saturated rings. The predicted octanol–water partition coefficient (Wildman–Crippen LogP) is 4.97. The Morgan fingerprint density at radius 1 is 1.32 bits per heavy atom. The Kier molecular flexibility index (Phi) is 6.19. The number of aromatic nitrogens is 2. The van der Waals surface area contributed by atoms with Crippen LogP contribution in [0.1, 0.15) is 31.2 Å². The summed E-state index contributed by atoms with van der Waals surface area (Å²) in [5.74, 6) is 0.0413. The van der Waals surface area contributed by atoms with Crippen LogP contribution < -0.4 is 10.6 Å². The minimum absolute atomic E-state index is 0.0257. The minimum Gasteiger partial charge on any atom is -0.378 e. The van der Waals surface area contributed by atoms with E-state index in [4.69, 9.17) is 4.52 Å². The molecule has 2 aliphatic rings. The van der Waals surface area contributed by atoms with Gasteiger partial charge in [-0.05, 0) is 37.7 Å². The number of carbonyl (C=O) groups excluding carboxylic acids is 1. The van der Waals surface area contributed by atoms with Crippen LogP contribution in [0.3, 0.4) is 0 Å². The van der Waals surface area contributed by atoms with Gasteiger partial charge in [0.25, 0.3) is 0 Å². The van der Waals surface area contributed by atoms with E-state index in [9.17, 15) is 22.4 Å². The van der Waals surface area contributed by atoms with Crippen LogP contribution in [0.2, 0.25) is 0 Å². The molecule has 0 radical (unpaired) electrons. The van der Waals surface area contributed by atoms with E-state index in [1.54, 1.807) is 18.2 Å². The molecular weight excluding hydrogens is 494 g/mol. The van der Waals surface area contributed by atoms with Gasteiger partial charge in [-0.3, -0.25) is 4.79 Å². The van der Waals surface area contributed by atoms with Gasteiger partial charge in [-0.15, -0.1) is 11.3 Å². The number of halogens is 4. The largest absolute Gasteiger partial charge is 0.446 e. The summed E-state index contributed by atoms with van der Waals surface area (Å²) in [4.78, 5) is 17.9. The number of carbonyl (C=O) groups is 1. The Bertz CT molecular complexity index is 1210. The van der Waals surface area contributed by atoms with Gasteiger partial charge >= 0.3 is 5.51 Å². The van der Waals surface area contributed by atoms with Gasteiger partial charge in [-0.2, -0.15) is 18.2 Å². The normalized spacial score (nSPS) is 24.0. The third-order valence-electron chi connectivity index (χ3n) is 5.91. The summed E-state index contributed by atoms with van der Waals surface area (Å²) in [6.45, 7) is 1.02. The van der Waals surface area contributed by atoms with Crippen LogP contribution in [-0.4, -0.2) is 58.8 Å². The summed E-state index contributed by atoms with van der Waals surface area (Å²) in [5, 5.41) is 10.2. The van der Waals surface area contributed by atoms with Crippen molar-refractivity contribution in [3.8, 4) is 10.7 Å². The number of likely N-dealkylation sites (tertiary alicyclic amines) is 1. The smallest absolute Gasteiger partial charge is 0.378 e. The van der Waals surface area contributed by atoms with Crippen LogP contribution in [0.25, 0.3) is 20.8 Å². The number of alkyl halides is 4. The third-order valence-corrected chi connectivity index (χ3v) is 8.14. The van der Waals surface area contributed by atoms with Crippen molar-refractivity contribution in [1.82, 2.24) is 20.4 Å². The van der Waals surface area contributed by atoms with Gasteiger partial charge in [-0.1, -0.05) is 17.3 Å². The van der Waals surface area contributed by atoms with Gasteiger partial charge in [0.15, 0.2) is 0 Å². The number of thiophene rings is 1. The molecule has 0 aliphatic carbocycles. The highest BCUT2D eigenvalue weighted by atomic mass is 32.2. The number of benzene rings is 1. The molecule has 34 heavy (non-hydrogen) atoms. The van der Waals surface area contributed by atoms with Gasteiger partial charge in [-0.25, -0.2) is 4.39 Å². The number of rotatable bonds is 5. The van der Waals surface area contributed by atoms with E-state index in [0.717, 1.165) is 17.9 Å². The molecule has 5 rings (SSSR count). The Morgan fingerprint density at radius 3 is 2.85 bits per heavy atom. The molecule has 3 atom stereocenters. The van der Waals surface area contributed by atoms with Crippen molar-refractivity contribution in [2.24, 2.45) is 0 Å². The first-order valence-corrected chi connectivity index (χ1v) is 12.3. The molecule has 0 unspecified atom stereocenters. The van der Waals surface area contributed by atoms with Crippen molar-refractivity contribution in [1.29, 1.82) is 0 Å². The van der Waals surface area contributed by atoms with Crippen LogP contribution in [0.5, 0.6) is 0 Å². The van der Waals surface area contributed by atoms with E-state index in [0.29, 0.717) is 41.6 Å². The number of nitrogens with zero attached hydrogens (tertiary/aromatic N) is 3. The second-order valence-electron chi connectivity index (χ2n) is 8.42. The first-order valence-electron chi connectivity index (χ1n) is 10.7. The van der Waals surface area contributed by atoms with Gasteiger partial charge in [0.2, 0.25) is 17.6 Å². The van der Waals surface area contributed by atoms with Crippen molar-refractivity contribution in [3.63, 3.8) is 0 Å². The fourth-order valence-corrected chi connectivity index (χ4v) is 6.37. The molecule has 0 saturated carbocycles. The Labute approximate surface area is 200 Å². The van der Waals surface area contributed by atoms with E-state index < -0.39 is 23.8 Å². The summed E-state index contributed by atoms with van der Waals surface area (Å²) < 4.78 is 60.9. The number of fused-ring (bicyclic) bond motifs is 1. The Balaban J connectivity index is 1.53. The number of anilines is 1. The molecule has 2 saturated heterocycles. The molecule has 2 N–H and O–H groups in total. The van der Waals surface area contributed by atoms with Crippen molar-refractivity contribution in [2.75, 3.05) is 25.5 Å². The lowest BCUT2D eigenvalue weighted by atomic mass is 10.0.